The third kappa shape index (κ3) is 6.01. The largest absolute Gasteiger partial charge is 0.362 e. The molecule has 0 saturated heterocycles. The van der Waals surface area contributed by atoms with Gasteiger partial charge in [-0.3, -0.25) is 0 Å². The standard InChI is InChI=1S/C24H33ClN6S/c1-31(2)22-20-8-3-4-9-21(20)29-23(30-22)27-18-10-12-19(13-11-18)28-24(32)26-15-16-6-5-7-17(25)14-16/h5-7,14,18-19H,3-4,8-13,15H2,1-2H3,(H2,26,28,32)(H,27,29,30)/t18-,19+. The SMILES string of the molecule is CN(C)c1nc(N[C@H]2CC[C@@H](NC(=S)NCc3cccc(Cl)c3)CC2)nc2c1CCCC2. The van der Waals surface area contributed by atoms with Gasteiger partial charge in [-0.15, -0.1) is 0 Å². The van der Waals surface area contributed by atoms with Crippen LogP contribution in [0.1, 0.15) is 55.3 Å². The molecular weight excluding hydrogens is 440 g/mol. The average molecular weight is 473 g/mol. The lowest BCUT2D eigenvalue weighted by atomic mass is 9.91. The van der Waals surface area contributed by atoms with Crippen LogP contribution in [0.4, 0.5) is 11.8 Å². The van der Waals surface area contributed by atoms with Crippen LogP contribution in [-0.4, -0.2) is 41.3 Å². The zero-order chi connectivity index (χ0) is 22.5. The van der Waals surface area contributed by atoms with E-state index in [2.05, 4.69) is 34.9 Å². The Morgan fingerprint density at radius 2 is 1.84 bits per heavy atom. The Morgan fingerprint density at radius 3 is 2.59 bits per heavy atom. The van der Waals surface area contributed by atoms with Crippen molar-refractivity contribution in [2.24, 2.45) is 0 Å². The molecule has 0 radical (unpaired) electrons. The number of fused-ring (bicyclic) bond motifs is 1. The molecule has 2 aliphatic rings. The average Bonchev–Trinajstić information content (AvgIpc) is 2.78. The van der Waals surface area contributed by atoms with Crippen molar-refractivity contribution < 1.29 is 0 Å². The summed E-state index contributed by atoms with van der Waals surface area (Å²) in [6, 6.07) is 8.64. The number of halogens is 1. The van der Waals surface area contributed by atoms with Crippen LogP contribution in [0.2, 0.25) is 5.02 Å². The Labute approximate surface area is 201 Å². The van der Waals surface area contributed by atoms with E-state index >= 15 is 0 Å². The summed E-state index contributed by atoms with van der Waals surface area (Å²) >= 11 is 11.6. The van der Waals surface area contributed by atoms with Gasteiger partial charge in [0.25, 0.3) is 0 Å². The first-order chi connectivity index (χ1) is 15.5. The minimum atomic E-state index is 0.397. The second-order valence-electron chi connectivity index (χ2n) is 9.05. The number of hydrogen-bond acceptors (Lipinski definition) is 5. The van der Waals surface area contributed by atoms with Gasteiger partial charge in [0.2, 0.25) is 5.95 Å². The summed E-state index contributed by atoms with van der Waals surface area (Å²) in [4.78, 5) is 11.8. The molecule has 4 rings (SSSR count). The summed E-state index contributed by atoms with van der Waals surface area (Å²) in [5, 5.41) is 11.8. The number of nitrogens with one attached hydrogen (secondary N) is 3. The van der Waals surface area contributed by atoms with Crippen molar-refractivity contribution in [1.29, 1.82) is 0 Å². The number of thiocarbonyl (C=S) groups is 1. The van der Waals surface area contributed by atoms with E-state index in [4.69, 9.17) is 33.8 Å². The van der Waals surface area contributed by atoms with E-state index in [1.54, 1.807) is 0 Å². The first-order valence-electron chi connectivity index (χ1n) is 11.6. The van der Waals surface area contributed by atoms with E-state index in [1.807, 2.05) is 24.3 Å². The molecule has 0 bridgehead atoms. The number of aryl methyl sites for hydroxylation is 1. The van der Waals surface area contributed by atoms with Gasteiger partial charge in [-0.1, -0.05) is 23.7 Å². The number of rotatable bonds is 6. The van der Waals surface area contributed by atoms with Gasteiger partial charge in [0.15, 0.2) is 5.11 Å². The second kappa shape index (κ2) is 10.7. The van der Waals surface area contributed by atoms with Crippen LogP contribution in [0.25, 0.3) is 0 Å². The molecule has 0 aliphatic heterocycles. The van der Waals surface area contributed by atoms with Crippen LogP contribution in [0.5, 0.6) is 0 Å². The molecule has 2 aromatic rings. The van der Waals surface area contributed by atoms with Crippen LogP contribution in [0.15, 0.2) is 24.3 Å². The van der Waals surface area contributed by atoms with Crippen molar-refractivity contribution in [1.82, 2.24) is 20.6 Å². The molecule has 172 valence electrons. The Balaban J connectivity index is 1.26. The topological polar surface area (TPSA) is 65.1 Å². The van der Waals surface area contributed by atoms with Crippen LogP contribution in [0.3, 0.4) is 0 Å². The predicted molar refractivity (Wildman–Crippen MR) is 137 cm³/mol. The molecule has 8 heteroatoms. The molecule has 1 saturated carbocycles. The molecule has 0 unspecified atom stereocenters. The van der Waals surface area contributed by atoms with Gasteiger partial charge in [-0.2, -0.15) is 4.98 Å². The van der Waals surface area contributed by atoms with Crippen LogP contribution < -0.4 is 20.9 Å². The smallest absolute Gasteiger partial charge is 0.225 e. The van der Waals surface area contributed by atoms with Crippen LogP contribution >= 0.6 is 23.8 Å². The minimum absolute atomic E-state index is 0.397. The van der Waals surface area contributed by atoms with E-state index in [0.29, 0.717) is 23.7 Å². The summed E-state index contributed by atoms with van der Waals surface area (Å²) in [5.74, 6) is 1.85. The number of aromatic nitrogens is 2. The van der Waals surface area contributed by atoms with Crippen LogP contribution in [-0.2, 0) is 19.4 Å². The van der Waals surface area contributed by atoms with Crippen molar-refractivity contribution >= 4 is 40.7 Å². The number of nitrogens with zero attached hydrogens (tertiary/aromatic N) is 3. The van der Waals surface area contributed by atoms with Gasteiger partial charge < -0.3 is 20.9 Å². The molecule has 0 amide bonds. The monoisotopic (exact) mass is 472 g/mol. The fourth-order valence-corrected chi connectivity index (χ4v) is 5.09. The molecule has 1 heterocycles. The molecule has 1 aromatic carbocycles. The molecule has 1 fully saturated rings. The fourth-order valence-electron chi connectivity index (χ4n) is 4.64. The maximum Gasteiger partial charge on any atom is 0.225 e. The Kier molecular flexibility index (Phi) is 7.68. The van der Waals surface area contributed by atoms with Gasteiger partial charge in [-0.05, 0) is 81.3 Å². The summed E-state index contributed by atoms with van der Waals surface area (Å²) < 4.78 is 0. The van der Waals surface area contributed by atoms with E-state index in [9.17, 15) is 0 Å². The maximum absolute atomic E-state index is 6.05. The lowest BCUT2D eigenvalue weighted by Gasteiger charge is -2.31. The van der Waals surface area contributed by atoms with Gasteiger partial charge in [-0.25, -0.2) is 4.98 Å². The molecule has 0 spiro atoms. The van der Waals surface area contributed by atoms with Crippen LogP contribution in [0, 0.1) is 0 Å². The van der Waals surface area contributed by atoms with Crippen molar-refractivity contribution in [3.8, 4) is 0 Å². The highest BCUT2D eigenvalue weighted by molar-refractivity contribution is 7.80. The quantitative estimate of drug-likeness (QED) is 0.536. The zero-order valence-electron chi connectivity index (χ0n) is 19.0. The number of hydrogen-bond donors (Lipinski definition) is 3. The second-order valence-corrected chi connectivity index (χ2v) is 9.89. The summed E-state index contributed by atoms with van der Waals surface area (Å²) in [7, 11) is 4.14. The Morgan fingerprint density at radius 1 is 1.09 bits per heavy atom. The maximum atomic E-state index is 6.05. The molecule has 32 heavy (non-hydrogen) atoms. The van der Waals surface area contributed by atoms with E-state index in [1.165, 1.54) is 24.1 Å². The van der Waals surface area contributed by atoms with Gasteiger partial charge in [0.05, 0.1) is 5.69 Å². The lowest BCUT2D eigenvalue weighted by Crippen LogP contribution is -2.44. The predicted octanol–water partition coefficient (Wildman–Crippen LogP) is 4.46. The minimum Gasteiger partial charge on any atom is -0.362 e. The highest BCUT2D eigenvalue weighted by atomic mass is 35.5. The summed E-state index contributed by atoms with van der Waals surface area (Å²) in [6.45, 7) is 0.674. The fraction of sp³-hybridized carbons (Fsp3) is 0.542. The lowest BCUT2D eigenvalue weighted by molar-refractivity contribution is 0.385. The molecule has 0 atom stereocenters. The summed E-state index contributed by atoms with van der Waals surface area (Å²) in [5.41, 5.74) is 3.68. The normalized spacial score (nSPS) is 20.2. The van der Waals surface area contributed by atoms with E-state index < -0.39 is 0 Å². The zero-order valence-corrected chi connectivity index (χ0v) is 20.5. The van der Waals surface area contributed by atoms with Gasteiger partial charge >= 0.3 is 0 Å². The Bertz CT molecular complexity index is 942. The number of anilines is 2. The molecule has 2 aliphatic carbocycles. The summed E-state index contributed by atoms with van der Waals surface area (Å²) in [6.07, 6.45) is 8.90. The molecule has 6 nitrogen and oxygen atoms in total. The van der Waals surface area contributed by atoms with Crippen molar-refractivity contribution in [3.63, 3.8) is 0 Å². The highest BCUT2D eigenvalue weighted by Gasteiger charge is 2.24. The third-order valence-corrected chi connectivity index (χ3v) is 6.82. The third-order valence-electron chi connectivity index (χ3n) is 6.32. The molecular formula is C24H33ClN6S. The van der Waals surface area contributed by atoms with E-state index in [-0.39, 0.29) is 0 Å². The van der Waals surface area contributed by atoms with Crippen molar-refractivity contribution in [3.05, 3.63) is 46.1 Å². The van der Waals surface area contributed by atoms with E-state index in [0.717, 1.165) is 60.9 Å². The van der Waals surface area contributed by atoms with Crippen molar-refractivity contribution in [2.45, 2.75) is 70.0 Å². The molecule has 1 aromatic heterocycles. The highest BCUT2D eigenvalue weighted by Crippen LogP contribution is 2.29. The van der Waals surface area contributed by atoms with Gasteiger partial charge in [0, 0.05) is 43.3 Å². The first-order valence-corrected chi connectivity index (χ1v) is 12.4. The first kappa shape index (κ1) is 23.1. The molecule has 3 N–H and O–H groups in total. The van der Waals surface area contributed by atoms with Gasteiger partial charge in [0.1, 0.15) is 5.82 Å². The van der Waals surface area contributed by atoms with Crippen molar-refractivity contribution in [2.75, 3.05) is 24.3 Å². The Hall–Kier alpha value is -2.12. The number of benzene rings is 1.